The number of carbonyl (C=O) groups excluding carboxylic acids is 3. The van der Waals surface area contributed by atoms with Crippen LogP contribution in [0.3, 0.4) is 0 Å². The van der Waals surface area contributed by atoms with Crippen LogP contribution >= 0.6 is 0 Å². The lowest BCUT2D eigenvalue weighted by Crippen LogP contribution is -2.54. The van der Waals surface area contributed by atoms with E-state index in [0.29, 0.717) is 29.3 Å². The van der Waals surface area contributed by atoms with Crippen LogP contribution in [0.5, 0.6) is 0 Å². The van der Waals surface area contributed by atoms with Crippen molar-refractivity contribution in [3.05, 3.63) is 77.3 Å². The quantitative estimate of drug-likeness (QED) is 0.492. The molecule has 1 aromatic heterocycles. The fourth-order valence-electron chi connectivity index (χ4n) is 5.05. The molecule has 9 nitrogen and oxygen atoms in total. The largest absolute Gasteiger partial charge is 0.456 e. The van der Waals surface area contributed by atoms with Gasteiger partial charge in [0.15, 0.2) is 0 Å². The number of imide groups is 1. The Bertz CT molecular complexity index is 1110. The zero-order chi connectivity index (χ0) is 24.2. The molecule has 0 aliphatic carbocycles. The van der Waals surface area contributed by atoms with Crippen molar-refractivity contribution in [2.75, 3.05) is 32.8 Å². The van der Waals surface area contributed by atoms with Gasteiger partial charge in [-0.1, -0.05) is 36.4 Å². The van der Waals surface area contributed by atoms with E-state index in [2.05, 4.69) is 26.6 Å². The molecule has 4 heterocycles. The van der Waals surface area contributed by atoms with Crippen molar-refractivity contribution in [3.8, 4) is 0 Å². The maximum atomic E-state index is 13.1. The van der Waals surface area contributed by atoms with E-state index < -0.39 is 24.1 Å². The van der Waals surface area contributed by atoms with Gasteiger partial charge in [0.25, 0.3) is 0 Å². The van der Waals surface area contributed by atoms with E-state index in [1.807, 2.05) is 36.5 Å². The minimum atomic E-state index is -0.819. The predicted octanol–water partition coefficient (Wildman–Crippen LogP) is 2.94. The fraction of sp³-hybridized carbons (Fsp3) is 0.385. The number of hydrogen-bond donors (Lipinski definition) is 2. The summed E-state index contributed by atoms with van der Waals surface area (Å²) < 4.78 is 5.13. The van der Waals surface area contributed by atoms with Crippen LogP contribution in [-0.2, 0) is 9.53 Å². The van der Waals surface area contributed by atoms with E-state index in [1.165, 1.54) is 0 Å². The number of carbonyl (C=O) groups is 3. The van der Waals surface area contributed by atoms with Crippen molar-refractivity contribution in [1.29, 1.82) is 0 Å². The van der Waals surface area contributed by atoms with E-state index in [0.717, 1.165) is 49.5 Å². The molecule has 3 aliphatic rings. The Morgan fingerprint density at radius 2 is 1.86 bits per heavy atom. The minimum Gasteiger partial charge on any atom is -0.456 e. The van der Waals surface area contributed by atoms with Crippen molar-refractivity contribution in [1.82, 2.24) is 25.4 Å². The van der Waals surface area contributed by atoms with E-state index in [4.69, 9.17) is 4.74 Å². The van der Waals surface area contributed by atoms with Crippen LogP contribution in [0, 0.1) is 0 Å². The third kappa shape index (κ3) is 4.90. The molecule has 2 aromatic rings. The van der Waals surface area contributed by atoms with Gasteiger partial charge in [-0.15, -0.1) is 0 Å². The number of piperidine rings is 1. The highest BCUT2D eigenvalue weighted by molar-refractivity contribution is 6.03. The summed E-state index contributed by atoms with van der Waals surface area (Å²) in [6.45, 7) is 3.30. The van der Waals surface area contributed by atoms with Crippen LogP contribution < -0.4 is 10.6 Å². The smallest absolute Gasteiger partial charge is 0.338 e. The van der Waals surface area contributed by atoms with Crippen molar-refractivity contribution >= 4 is 18.0 Å². The third-order valence-corrected chi connectivity index (χ3v) is 6.86. The molecule has 9 heteroatoms. The summed E-state index contributed by atoms with van der Waals surface area (Å²) in [7, 11) is 0. The lowest BCUT2D eigenvalue weighted by atomic mass is 9.93. The zero-order valence-electron chi connectivity index (χ0n) is 19.5. The maximum Gasteiger partial charge on any atom is 0.338 e. The minimum absolute atomic E-state index is 0.00965. The molecular weight excluding hydrogens is 446 g/mol. The molecule has 182 valence electrons. The predicted molar refractivity (Wildman–Crippen MR) is 128 cm³/mol. The Labute approximate surface area is 204 Å². The first-order valence-corrected chi connectivity index (χ1v) is 12.1. The average molecular weight is 476 g/mol. The number of nitrogens with one attached hydrogen (secondary N) is 2. The average Bonchev–Trinajstić information content (AvgIpc) is 3.27. The summed E-state index contributed by atoms with van der Waals surface area (Å²) >= 11 is 0. The number of pyridine rings is 1. The Kier molecular flexibility index (Phi) is 6.76. The van der Waals surface area contributed by atoms with Crippen molar-refractivity contribution in [2.24, 2.45) is 0 Å². The van der Waals surface area contributed by atoms with Gasteiger partial charge in [-0.3, -0.25) is 4.98 Å². The molecule has 0 radical (unpaired) electrons. The topological polar surface area (TPSA) is 104 Å². The number of rotatable bonds is 6. The fourth-order valence-corrected chi connectivity index (χ4v) is 5.05. The number of esters is 1. The van der Waals surface area contributed by atoms with E-state index >= 15 is 0 Å². The molecule has 0 bridgehead atoms. The first-order valence-electron chi connectivity index (χ1n) is 12.1. The summed E-state index contributed by atoms with van der Waals surface area (Å²) in [5.41, 5.74) is 2.57. The second-order valence-corrected chi connectivity index (χ2v) is 9.04. The van der Waals surface area contributed by atoms with Gasteiger partial charge in [-0.25, -0.2) is 19.3 Å². The molecule has 0 saturated carbocycles. The molecule has 4 amide bonds. The van der Waals surface area contributed by atoms with Gasteiger partial charge in [0, 0.05) is 24.4 Å². The van der Waals surface area contributed by atoms with Crippen molar-refractivity contribution < 1.29 is 19.1 Å². The van der Waals surface area contributed by atoms with Crippen LogP contribution in [-0.4, -0.2) is 65.6 Å². The van der Waals surface area contributed by atoms with Crippen molar-refractivity contribution in [3.63, 3.8) is 0 Å². The summed E-state index contributed by atoms with van der Waals surface area (Å²) in [4.78, 5) is 46.3. The maximum absolute atomic E-state index is 13.1. The normalized spacial score (nSPS) is 20.9. The van der Waals surface area contributed by atoms with Crippen LogP contribution in [0.4, 0.5) is 9.59 Å². The second kappa shape index (κ2) is 10.3. The van der Waals surface area contributed by atoms with E-state index in [9.17, 15) is 14.4 Å². The lowest BCUT2D eigenvalue weighted by Gasteiger charge is -2.34. The van der Waals surface area contributed by atoms with Crippen molar-refractivity contribution in [2.45, 2.75) is 31.2 Å². The Balaban J connectivity index is 1.16. The molecule has 5 rings (SSSR count). The summed E-state index contributed by atoms with van der Waals surface area (Å²) in [5, 5.41) is 5.51. The lowest BCUT2D eigenvalue weighted by molar-refractivity contribution is -0.136. The molecule has 1 atom stereocenters. The molecule has 1 aromatic carbocycles. The first-order chi connectivity index (χ1) is 17.1. The number of aromatic nitrogens is 1. The highest BCUT2D eigenvalue weighted by Crippen LogP contribution is 2.37. The van der Waals surface area contributed by atoms with Gasteiger partial charge in [0.1, 0.15) is 12.6 Å². The summed E-state index contributed by atoms with van der Waals surface area (Å²) in [6, 6.07) is 13.2. The van der Waals surface area contributed by atoms with E-state index in [1.54, 1.807) is 12.1 Å². The van der Waals surface area contributed by atoms with Crippen LogP contribution in [0.15, 0.2) is 66.0 Å². The Hall–Kier alpha value is -3.72. The molecule has 1 fully saturated rings. The number of hydrogen-bond acceptors (Lipinski definition) is 6. The van der Waals surface area contributed by atoms with Crippen LogP contribution in [0.2, 0.25) is 0 Å². The van der Waals surface area contributed by atoms with Crippen LogP contribution in [0.25, 0.3) is 0 Å². The number of benzene rings is 1. The van der Waals surface area contributed by atoms with Gasteiger partial charge in [-0.2, -0.15) is 0 Å². The number of ether oxygens (including phenoxy) is 1. The second-order valence-electron chi connectivity index (χ2n) is 9.04. The standard InChI is InChI=1S/C26H29N5O4/c32-24-22-21(17-35-24)29-26(34)31(23(22)19-7-2-1-3-8-19)25(33)28-13-6-14-30-15-10-18(11-16-30)20-9-4-5-12-27-20/h1-5,7-9,12,18,23H,6,10-11,13-17H2,(H,28,33)(H,29,34). The highest BCUT2D eigenvalue weighted by Gasteiger charge is 2.45. The molecule has 1 saturated heterocycles. The van der Waals surface area contributed by atoms with Gasteiger partial charge in [0.05, 0.1) is 11.3 Å². The summed E-state index contributed by atoms with van der Waals surface area (Å²) in [6.07, 6.45) is 4.76. The molecule has 0 spiro atoms. The Morgan fingerprint density at radius 1 is 1.09 bits per heavy atom. The summed E-state index contributed by atoms with van der Waals surface area (Å²) in [5.74, 6) is -0.0121. The molecule has 2 N–H and O–H groups in total. The monoisotopic (exact) mass is 475 g/mol. The number of nitrogens with zero attached hydrogens (tertiary/aromatic N) is 3. The SMILES string of the molecule is O=C1OCC2=C1C(c1ccccc1)N(C(=O)NCCCN1CCC(c3ccccn3)CC1)C(=O)N2. The van der Waals surface area contributed by atoms with Gasteiger partial charge >= 0.3 is 18.0 Å². The molecule has 3 aliphatic heterocycles. The number of amides is 4. The number of likely N-dealkylation sites (tertiary alicyclic amines) is 1. The highest BCUT2D eigenvalue weighted by atomic mass is 16.5. The van der Waals surface area contributed by atoms with Gasteiger partial charge in [0.2, 0.25) is 0 Å². The molecular formula is C26H29N5O4. The molecule has 35 heavy (non-hydrogen) atoms. The van der Waals surface area contributed by atoms with Crippen LogP contribution in [0.1, 0.15) is 42.5 Å². The molecule has 1 unspecified atom stereocenters. The first kappa shape index (κ1) is 23.0. The van der Waals surface area contributed by atoms with Gasteiger partial charge < -0.3 is 20.3 Å². The third-order valence-electron chi connectivity index (χ3n) is 6.86. The Morgan fingerprint density at radius 3 is 2.60 bits per heavy atom. The van der Waals surface area contributed by atoms with E-state index in [-0.39, 0.29) is 6.61 Å². The number of urea groups is 2. The van der Waals surface area contributed by atoms with Gasteiger partial charge in [-0.05, 0) is 56.6 Å². The zero-order valence-corrected chi connectivity index (χ0v) is 19.5. The number of cyclic esters (lactones) is 1.